The number of pyridine rings is 1. The molecule has 58 heavy (non-hydrogen) atoms. The Hall–Kier alpha value is -6.82. The Morgan fingerprint density at radius 1 is 0.517 bits per heavy atom. The zero-order valence-electron chi connectivity index (χ0n) is 31.5. The minimum absolute atomic E-state index is 0. The monoisotopic (exact) mass is 928 g/mol. The first kappa shape index (κ1) is 34.4. The zero-order chi connectivity index (χ0) is 37.8. The maximum atomic E-state index is 6.58. The van der Waals surface area contributed by atoms with Crippen LogP contribution in [0.3, 0.4) is 0 Å². The van der Waals surface area contributed by atoms with E-state index >= 15 is 0 Å². The number of rotatable bonds is 5. The summed E-state index contributed by atoms with van der Waals surface area (Å²) in [5.74, 6) is 2.03. The maximum Gasteiger partial charge on any atom is 0.135 e. The first-order valence-corrected chi connectivity index (χ1v) is 19.1. The molecule has 0 saturated carbocycles. The van der Waals surface area contributed by atoms with Crippen LogP contribution in [-0.4, -0.2) is 18.7 Å². The van der Waals surface area contributed by atoms with Gasteiger partial charge < -0.3 is 28.2 Å². The summed E-state index contributed by atoms with van der Waals surface area (Å²) < 4.78 is 13.4. The van der Waals surface area contributed by atoms with Gasteiger partial charge in [-0.3, -0.25) is 0 Å². The van der Waals surface area contributed by atoms with Crippen LogP contribution in [0.25, 0.3) is 71.2 Å². The van der Waals surface area contributed by atoms with E-state index in [0.717, 1.165) is 50.4 Å². The quantitative estimate of drug-likeness (QED) is 0.161. The minimum Gasteiger partial charge on any atom is -0.509 e. The summed E-state index contributed by atoms with van der Waals surface area (Å²) in [5.41, 5.74) is 10.9. The topological polar surface area (TPSA) is 43.4 Å². The fourth-order valence-electron chi connectivity index (χ4n) is 9.09. The zero-order valence-corrected chi connectivity index (χ0v) is 33.8. The van der Waals surface area contributed by atoms with Gasteiger partial charge in [0.05, 0.1) is 16.7 Å². The molecular formula is C50H33N6OPt-3. The molecule has 1 aliphatic rings. The van der Waals surface area contributed by atoms with Crippen LogP contribution in [0.2, 0.25) is 0 Å². The van der Waals surface area contributed by atoms with E-state index in [2.05, 4.69) is 177 Å². The first-order chi connectivity index (χ1) is 28.1. The second kappa shape index (κ2) is 13.1. The van der Waals surface area contributed by atoms with E-state index in [-0.39, 0.29) is 21.1 Å². The maximum absolute atomic E-state index is 6.58. The van der Waals surface area contributed by atoms with Gasteiger partial charge in [-0.05, 0) is 53.9 Å². The third-order valence-electron chi connectivity index (χ3n) is 11.6. The van der Waals surface area contributed by atoms with Crippen LogP contribution in [-0.2, 0) is 35.2 Å². The summed E-state index contributed by atoms with van der Waals surface area (Å²) in [4.78, 5) is 9.25. The Morgan fingerprint density at radius 3 is 1.78 bits per heavy atom. The van der Waals surface area contributed by atoms with Crippen LogP contribution >= 0.6 is 0 Å². The molecule has 0 bridgehead atoms. The molecule has 0 aliphatic carbocycles. The van der Waals surface area contributed by atoms with E-state index in [1.165, 1.54) is 43.6 Å². The van der Waals surface area contributed by atoms with Gasteiger partial charge in [-0.15, -0.1) is 48.1 Å². The number of ether oxygens (including phenoxy) is 1. The van der Waals surface area contributed by atoms with Gasteiger partial charge in [0.1, 0.15) is 5.82 Å². The molecule has 0 saturated heterocycles. The van der Waals surface area contributed by atoms with E-state index in [9.17, 15) is 0 Å². The molecule has 7 aromatic carbocycles. The van der Waals surface area contributed by atoms with Gasteiger partial charge in [-0.2, -0.15) is 12.1 Å². The van der Waals surface area contributed by atoms with Gasteiger partial charge in [-0.25, -0.2) is 4.98 Å². The van der Waals surface area contributed by atoms with Crippen molar-refractivity contribution in [3.8, 4) is 17.3 Å². The molecule has 0 unspecified atom stereocenters. The van der Waals surface area contributed by atoms with Crippen LogP contribution in [0.4, 0.5) is 22.7 Å². The van der Waals surface area contributed by atoms with Gasteiger partial charge in [0.2, 0.25) is 0 Å². The third-order valence-corrected chi connectivity index (χ3v) is 11.6. The van der Waals surface area contributed by atoms with Crippen molar-refractivity contribution in [3.05, 3.63) is 177 Å². The van der Waals surface area contributed by atoms with Crippen LogP contribution in [0.15, 0.2) is 158 Å². The van der Waals surface area contributed by atoms with Crippen LogP contribution < -0.4 is 14.5 Å². The van der Waals surface area contributed by atoms with Crippen molar-refractivity contribution < 1.29 is 25.8 Å². The van der Waals surface area contributed by atoms with Crippen molar-refractivity contribution in [2.75, 3.05) is 9.80 Å². The van der Waals surface area contributed by atoms with Crippen molar-refractivity contribution in [2.45, 2.75) is 0 Å². The summed E-state index contributed by atoms with van der Waals surface area (Å²) in [5, 5.41) is 7.17. The molecule has 5 heterocycles. The molecule has 12 rings (SSSR count). The smallest absolute Gasteiger partial charge is 0.135 e. The largest absolute Gasteiger partial charge is 0.509 e. The first-order valence-electron chi connectivity index (χ1n) is 19.1. The normalized spacial score (nSPS) is 12.7. The summed E-state index contributed by atoms with van der Waals surface area (Å²) >= 11 is 0. The summed E-state index contributed by atoms with van der Waals surface area (Å²) in [6.07, 6.45) is 1.82. The van der Waals surface area contributed by atoms with Gasteiger partial charge in [-0.1, -0.05) is 78.3 Å². The summed E-state index contributed by atoms with van der Waals surface area (Å²) in [6.45, 7) is 2.20. The fourth-order valence-corrected chi connectivity index (χ4v) is 9.09. The molecule has 1 aliphatic heterocycles. The van der Waals surface area contributed by atoms with Crippen LogP contribution in [0.1, 0.15) is 0 Å². The predicted octanol–water partition coefficient (Wildman–Crippen LogP) is 12.3. The summed E-state index contributed by atoms with van der Waals surface area (Å²) in [6, 6.07) is 60.0. The fraction of sp³-hybridized carbons (Fsp3) is 0.0400. The Kier molecular flexibility index (Phi) is 7.79. The SMILES string of the molecule is Cn1c2ccccc2c2cc3c4ccccc4n(C)c3c(N3[CH-]N(c4[c-]c(Oc5[c-]c6c(cc5)c5ccccc5n6-c5ccccn5)ccc4)c4ccccc43)c21.[Pt]. The second-order valence-corrected chi connectivity index (χ2v) is 14.6. The number of benzene rings is 7. The molecule has 7 nitrogen and oxygen atoms in total. The van der Waals surface area contributed by atoms with Crippen molar-refractivity contribution in [2.24, 2.45) is 14.1 Å². The molecule has 11 aromatic rings. The third kappa shape index (κ3) is 4.93. The molecule has 8 heteroatoms. The molecule has 0 N–H and O–H groups in total. The molecule has 0 atom stereocenters. The Balaban J connectivity index is 0.00000385. The van der Waals surface area contributed by atoms with Crippen molar-refractivity contribution in [1.82, 2.24) is 18.7 Å². The molecular weight excluding hydrogens is 896 g/mol. The molecule has 0 radical (unpaired) electrons. The van der Waals surface area contributed by atoms with E-state index in [1.807, 2.05) is 42.6 Å². The number of nitrogens with zero attached hydrogens (tertiary/aromatic N) is 6. The number of fused-ring (bicyclic) bond motifs is 10. The predicted molar refractivity (Wildman–Crippen MR) is 232 cm³/mol. The van der Waals surface area contributed by atoms with Crippen molar-refractivity contribution in [3.63, 3.8) is 0 Å². The number of hydrogen-bond donors (Lipinski definition) is 0. The van der Waals surface area contributed by atoms with Crippen molar-refractivity contribution in [1.29, 1.82) is 0 Å². The number of aryl methyl sites for hydroxylation is 2. The molecule has 4 aromatic heterocycles. The number of anilines is 4. The van der Waals surface area contributed by atoms with E-state index in [4.69, 9.17) is 4.74 Å². The Labute approximate surface area is 348 Å². The molecule has 0 spiro atoms. The van der Waals surface area contributed by atoms with Crippen molar-refractivity contribution >= 4 is 88.2 Å². The Morgan fingerprint density at radius 2 is 1.10 bits per heavy atom. The summed E-state index contributed by atoms with van der Waals surface area (Å²) in [7, 11) is 4.36. The Bertz CT molecular complexity index is 3320. The van der Waals surface area contributed by atoms with Crippen LogP contribution in [0.5, 0.6) is 11.5 Å². The average molecular weight is 929 g/mol. The molecule has 282 valence electrons. The van der Waals surface area contributed by atoms with Gasteiger partial charge >= 0.3 is 0 Å². The number of hydrogen-bond acceptors (Lipinski definition) is 4. The second-order valence-electron chi connectivity index (χ2n) is 14.6. The standard InChI is InChI=1S/C50H33N6O.Pt/c1-52-41-19-6-3-17-36(41)39-30-40-37-18-4-7-20-42(37)53(2)49(40)50(48(39)52)55-31-54(44-22-9-10-23-45(44)55)32-14-13-15-33(28-32)57-34-25-26-38-35-16-5-8-21-43(35)56(46(38)29-34)47-24-11-12-27-51-47;/h3-27,30-31H,1-2H3;/q-3;. The van der Waals surface area contributed by atoms with Crippen LogP contribution in [0, 0.1) is 18.8 Å². The number of para-hydroxylation sites is 5. The van der Waals surface area contributed by atoms with Gasteiger partial charge in [0, 0.05) is 102 Å². The minimum atomic E-state index is 0. The molecule has 0 fully saturated rings. The van der Waals surface area contributed by atoms with Gasteiger partial charge in [0.15, 0.2) is 0 Å². The molecule has 0 amide bonds. The van der Waals surface area contributed by atoms with E-state index < -0.39 is 0 Å². The van der Waals surface area contributed by atoms with E-state index in [1.54, 1.807) is 0 Å². The van der Waals surface area contributed by atoms with E-state index in [0.29, 0.717) is 11.5 Å². The number of aromatic nitrogens is 4. The van der Waals surface area contributed by atoms with Gasteiger partial charge in [0.25, 0.3) is 0 Å². The average Bonchev–Trinajstić information content (AvgIpc) is 3.98.